The minimum atomic E-state index is 0.241. The summed E-state index contributed by atoms with van der Waals surface area (Å²) in [6, 6.07) is 8.88. The van der Waals surface area contributed by atoms with Gasteiger partial charge in [0, 0.05) is 13.7 Å². The fourth-order valence-electron chi connectivity index (χ4n) is 3.16. The van der Waals surface area contributed by atoms with Crippen molar-refractivity contribution in [1.29, 1.82) is 0 Å². The van der Waals surface area contributed by atoms with Crippen LogP contribution in [0.5, 0.6) is 6.01 Å². The molecule has 1 aromatic carbocycles. The molecule has 0 amide bonds. The van der Waals surface area contributed by atoms with Gasteiger partial charge in [0.05, 0.1) is 19.5 Å². The molecule has 2 aromatic heterocycles. The minimum absolute atomic E-state index is 0.241. The highest BCUT2D eigenvalue weighted by Gasteiger charge is 2.15. The summed E-state index contributed by atoms with van der Waals surface area (Å²) in [5, 5.41) is 0. The van der Waals surface area contributed by atoms with Crippen LogP contribution in [0.15, 0.2) is 30.6 Å². The second-order valence-corrected chi connectivity index (χ2v) is 6.73. The number of rotatable bonds is 8. The van der Waals surface area contributed by atoms with Crippen LogP contribution in [0.25, 0.3) is 11.2 Å². The van der Waals surface area contributed by atoms with Crippen LogP contribution in [0.3, 0.4) is 0 Å². The van der Waals surface area contributed by atoms with Crippen LogP contribution in [0, 0.1) is 0 Å². The number of nitrogens with zero attached hydrogens (tertiary/aromatic N) is 5. The van der Waals surface area contributed by atoms with Crippen molar-refractivity contribution < 1.29 is 9.47 Å². The molecular formula is C19H24N6O2. The Morgan fingerprint density at radius 3 is 2.67 bits per heavy atom. The van der Waals surface area contributed by atoms with Crippen LogP contribution >= 0.6 is 0 Å². The zero-order chi connectivity index (χ0) is 18.6. The maximum atomic E-state index is 6.02. The molecule has 2 N–H and O–H groups in total. The fourth-order valence-corrected chi connectivity index (χ4v) is 3.16. The SMILES string of the molecule is COCCOc1nc(N)c2ncn(Cc3cccc(CN4CCC4)c3)c2n1. The van der Waals surface area contributed by atoms with Gasteiger partial charge in [-0.3, -0.25) is 4.90 Å². The number of nitrogen functional groups attached to an aromatic ring is 1. The van der Waals surface area contributed by atoms with E-state index in [-0.39, 0.29) is 6.01 Å². The Balaban J connectivity index is 1.55. The molecule has 1 aliphatic heterocycles. The highest BCUT2D eigenvalue weighted by atomic mass is 16.5. The summed E-state index contributed by atoms with van der Waals surface area (Å²) in [6.07, 6.45) is 3.05. The predicted molar refractivity (Wildman–Crippen MR) is 103 cm³/mol. The first-order valence-electron chi connectivity index (χ1n) is 9.13. The number of aromatic nitrogens is 4. The van der Waals surface area contributed by atoms with Gasteiger partial charge in [-0.05, 0) is 30.6 Å². The first-order valence-corrected chi connectivity index (χ1v) is 9.13. The van der Waals surface area contributed by atoms with Gasteiger partial charge in [0.15, 0.2) is 17.0 Å². The number of nitrogens with two attached hydrogens (primary N) is 1. The molecule has 142 valence electrons. The molecule has 1 aliphatic rings. The molecule has 27 heavy (non-hydrogen) atoms. The summed E-state index contributed by atoms with van der Waals surface area (Å²) >= 11 is 0. The number of ether oxygens (including phenoxy) is 2. The standard InChI is InChI=1S/C19H24N6O2/c1-26-8-9-27-19-22-17(20)16-18(23-19)25(13-21-16)12-15-5-2-4-14(10-15)11-24-6-3-7-24/h2,4-5,10,13H,3,6-9,11-12H2,1H3,(H2,20,22,23). The van der Waals surface area contributed by atoms with Crippen molar-refractivity contribution >= 4 is 17.0 Å². The lowest BCUT2D eigenvalue weighted by atomic mass is 10.1. The molecule has 0 saturated carbocycles. The van der Waals surface area contributed by atoms with Gasteiger partial charge >= 0.3 is 6.01 Å². The fraction of sp³-hybridized carbons (Fsp3) is 0.421. The number of benzene rings is 1. The smallest absolute Gasteiger partial charge is 0.320 e. The molecule has 3 aromatic rings. The van der Waals surface area contributed by atoms with E-state index in [4.69, 9.17) is 15.2 Å². The number of imidazole rings is 1. The predicted octanol–water partition coefficient (Wildman–Crippen LogP) is 1.69. The van der Waals surface area contributed by atoms with Crippen molar-refractivity contribution in [2.75, 3.05) is 39.1 Å². The third-order valence-electron chi connectivity index (χ3n) is 4.69. The molecule has 0 aliphatic carbocycles. The maximum Gasteiger partial charge on any atom is 0.320 e. The van der Waals surface area contributed by atoms with E-state index in [1.54, 1.807) is 13.4 Å². The summed E-state index contributed by atoms with van der Waals surface area (Å²) in [5.41, 5.74) is 9.81. The Morgan fingerprint density at radius 1 is 1.11 bits per heavy atom. The van der Waals surface area contributed by atoms with Gasteiger partial charge in [0.25, 0.3) is 0 Å². The normalized spacial score (nSPS) is 14.4. The number of hydrogen-bond acceptors (Lipinski definition) is 7. The van der Waals surface area contributed by atoms with Crippen LogP contribution in [0.4, 0.5) is 5.82 Å². The highest BCUT2D eigenvalue weighted by Crippen LogP contribution is 2.21. The summed E-state index contributed by atoms with van der Waals surface area (Å²) in [5.74, 6) is 0.317. The molecule has 8 nitrogen and oxygen atoms in total. The van der Waals surface area contributed by atoms with Crippen LogP contribution in [0.1, 0.15) is 17.5 Å². The molecule has 4 rings (SSSR count). The van der Waals surface area contributed by atoms with Crippen molar-refractivity contribution in [3.05, 3.63) is 41.7 Å². The monoisotopic (exact) mass is 368 g/mol. The molecule has 3 heterocycles. The highest BCUT2D eigenvalue weighted by molar-refractivity contribution is 5.81. The Labute approximate surface area is 157 Å². The lowest BCUT2D eigenvalue weighted by molar-refractivity contribution is 0.141. The van der Waals surface area contributed by atoms with Crippen molar-refractivity contribution in [1.82, 2.24) is 24.4 Å². The van der Waals surface area contributed by atoms with E-state index >= 15 is 0 Å². The Morgan fingerprint density at radius 2 is 1.93 bits per heavy atom. The molecule has 0 spiro atoms. The molecule has 0 radical (unpaired) electrons. The van der Waals surface area contributed by atoms with E-state index in [0.717, 1.165) is 6.54 Å². The van der Waals surface area contributed by atoms with Crippen molar-refractivity contribution in [2.24, 2.45) is 0 Å². The number of fused-ring (bicyclic) bond motifs is 1. The molecule has 0 unspecified atom stereocenters. The first kappa shape index (κ1) is 17.7. The van der Waals surface area contributed by atoms with Crippen LogP contribution < -0.4 is 10.5 Å². The second-order valence-electron chi connectivity index (χ2n) is 6.73. The van der Waals surface area contributed by atoms with Gasteiger partial charge in [0.1, 0.15) is 6.61 Å². The minimum Gasteiger partial charge on any atom is -0.461 e. The number of methoxy groups -OCH3 is 1. The topological polar surface area (TPSA) is 91.3 Å². The van der Waals surface area contributed by atoms with E-state index in [0.29, 0.717) is 36.7 Å². The van der Waals surface area contributed by atoms with Gasteiger partial charge in [-0.1, -0.05) is 24.3 Å². The van der Waals surface area contributed by atoms with Crippen LogP contribution in [-0.4, -0.2) is 57.8 Å². The van der Waals surface area contributed by atoms with Gasteiger partial charge in [-0.2, -0.15) is 9.97 Å². The van der Waals surface area contributed by atoms with Crippen LogP contribution in [0.2, 0.25) is 0 Å². The average Bonchev–Trinajstić information content (AvgIpc) is 3.02. The molecule has 1 fully saturated rings. The summed E-state index contributed by atoms with van der Waals surface area (Å²) in [6.45, 7) is 4.89. The van der Waals surface area contributed by atoms with E-state index < -0.39 is 0 Å². The Bertz CT molecular complexity index is 922. The quantitative estimate of drug-likeness (QED) is 0.605. The lowest BCUT2D eigenvalue weighted by Gasteiger charge is -2.30. The third kappa shape index (κ3) is 4.01. The van der Waals surface area contributed by atoms with E-state index in [9.17, 15) is 0 Å². The largest absolute Gasteiger partial charge is 0.461 e. The van der Waals surface area contributed by atoms with Gasteiger partial charge in [0.2, 0.25) is 0 Å². The molecular weight excluding hydrogens is 344 g/mol. The number of likely N-dealkylation sites (tertiary alicyclic amines) is 1. The number of hydrogen-bond donors (Lipinski definition) is 1. The van der Waals surface area contributed by atoms with E-state index in [1.807, 2.05) is 4.57 Å². The average molecular weight is 368 g/mol. The Kier molecular flexibility index (Phi) is 5.17. The van der Waals surface area contributed by atoms with Crippen molar-refractivity contribution in [2.45, 2.75) is 19.5 Å². The summed E-state index contributed by atoms with van der Waals surface area (Å²) < 4.78 is 12.5. The maximum absolute atomic E-state index is 6.02. The second kappa shape index (κ2) is 7.89. The molecule has 0 atom stereocenters. The van der Waals surface area contributed by atoms with Crippen molar-refractivity contribution in [3.8, 4) is 6.01 Å². The zero-order valence-corrected chi connectivity index (χ0v) is 15.5. The molecule has 0 bridgehead atoms. The zero-order valence-electron chi connectivity index (χ0n) is 15.5. The van der Waals surface area contributed by atoms with Crippen LogP contribution in [-0.2, 0) is 17.8 Å². The summed E-state index contributed by atoms with van der Waals surface area (Å²) in [7, 11) is 1.62. The van der Waals surface area contributed by atoms with Crippen molar-refractivity contribution in [3.63, 3.8) is 0 Å². The van der Waals surface area contributed by atoms with Gasteiger partial charge in [-0.15, -0.1) is 0 Å². The Hall–Kier alpha value is -2.71. The van der Waals surface area contributed by atoms with Gasteiger partial charge < -0.3 is 19.8 Å². The third-order valence-corrected chi connectivity index (χ3v) is 4.69. The van der Waals surface area contributed by atoms with Gasteiger partial charge in [-0.25, -0.2) is 4.98 Å². The van der Waals surface area contributed by atoms with E-state index in [1.165, 1.54) is 30.6 Å². The lowest BCUT2D eigenvalue weighted by Crippen LogP contribution is -2.36. The van der Waals surface area contributed by atoms with E-state index in [2.05, 4.69) is 44.1 Å². The molecule has 8 heteroatoms. The number of anilines is 1. The summed E-state index contributed by atoms with van der Waals surface area (Å²) in [4.78, 5) is 15.5. The molecule has 1 saturated heterocycles. The first-order chi connectivity index (χ1) is 13.2.